The monoisotopic (exact) mass is 420 g/mol. The van der Waals surface area contributed by atoms with E-state index in [2.05, 4.69) is 26.1 Å². The van der Waals surface area contributed by atoms with Crippen LogP contribution in [0.1, 0.15) is 61.8 Å². The summed E-state index contributed by atoms with van der Waals surface area (Å²) in [6.07, 6.45) is 1.25. The molecule has 0 aromatic carbocycles. The molecule has 0 radical (unpaired) electrons. The Morgan fingerprint density at radius 2 is 1.75 bits per heavy atom. The van der Waals surface area contributed by atoms with Crippen LogP contribution in [0.25, 0.3) is 0 Å². The van der Waals surface area contributed by atoms with Crippen LogP contribution < -0.4 is 5.32 Å². The minimum atomic E-state index is -3.37. The molecule has 1 fully saturated rings. The number of hydrogen-bond acceptors (Lipinski definition) is 5. The first-order valence-electron chi connectivity index (χ1n) is 10.1. The van der Waals surface area contributed by atoms with Crippen molar-refractivity contribution >= 4 is 16.1 Å². The van der Waals surface area contributed by atoms with Crippen LogP contribution in [-0.4, -0.2) is 62.5 Å². The molecule has 0 spiro atoms. The van der Waals surface area contributed by atoms with Crippen LogP contribution in [0.15, 0.2) is 0 Å². The van der Waals surface area contributed by atoms with Crippen LogP contribution in [0.2, 0.25) is 0 Å². The van der Waals surface area contributed by atoms with Crippen molar-refractivity contribution in [1.29, 1.82) is 0 Å². The molecule has 1 saturated carbocycles. The molecule has 166 valence electrons. The molecule has 5 atom stereocenters. The van der Waals surface area contributed by atoms with Gasteiger partial charge in [-0.2, -0.15) is 4.31 Å². The third-order valence-corrected chi connectivity index (χ3v) is 8.16. The molecule has 1 rings (SSSR count). The number of methoxy groups -OCH3 is 1. The first-order valence-corrected chi connectivity index (χ1v) is 11.9. The summed E-state index contributed by atoms with van der Waals surface area (Å²) in [4.78, 5) is 12.0. The molecular formula is C20H40N2O5S. The van der Waals surface area contributed by atoms with Crippen LogP contribution in [0.3, 0.4) is 0 Å². The van der Waals surface area contributed by atoms with Gasteiger partial charge >= 0.3 is 6.09 Å². The van der Waals surface area contributed by atoms with Crippen LogP contribution >= 0.6 is 0 Å². The van der Waals surface area contributed by atoms with E-state index in [9.17, 15) is 13.2 Å². The molecule has 0 aliphatic heterocycles. The van der Waals surface area contributed by atoms with Gasteiger partial charge in [0.2, 0.25) is 10.0 Å². The molecule has 28 heavy (non-hydrogen) atoms. The third kappa shape index (κ3) is 5.19. The fraction of sp³-hybridized carbons (Fsp3) is 0.950. The Morgan fingerprint density at radius 1 is 1.21 bits per heavy atom. The largest absolute Gasteiger partial charge is 0.453 e. The number of rotatable bonds is 8. The number of nitrogens with zero attached hydrogens (tertiary/aromatic N) is 1. The highest BCUT2D eigenvalue weighted by molar-refractivity contribution is 7.88. The van der Waals surface area contributed by atoms with Gasteiger partial charge in [-0.05, 0) is 52.9 Å². The number of carbonyl (C=O) groups is 1. The topological polar surface area (TPSA) is 84.9 Å². The Morgan fingerprint density at radius 3 is 2.14 bits per heavy atom. The highest BCUT2D eigenvalue weighted by Gasteiger charge is 2.58. The number of carbonyl (C=O) groups excluding carboxylic acids is 1. The third-order valence-electron chi connectivity index (χ3n) is 6.73. The van der Waals surface area contributed by atoms with Gasteiger partial charge in [0.15, 0.2) is 0 Å². The number of ether oxygens (including phenoxy) is 2. The van der Waals surface area contributed by atoms with E-state index in [1.54, 1.807) is 0 Å². The molecule has 0 heterocycles. The smallest absolute Gasteiger partial charge is 0.407 e. The van der Waals surface area contributed by atoms with Crippen molar-refractivity contribution in [1.82, 2.24) is 9.62 Å². The fourth-order valence-corrected chi connectivity index (χ4v) is 5.87. The molecule has 1 N–H and O–H groups in total. The first-order chi connectivity index (χ1) is 12.6. The van der Waals surface area contributed by atoms with E-state index in [0.717, 1.165) is 6.42 Å². The summed E-state index contributed by atoms with van der Waals surface area (Å²) in [7, 11) is -2.01. The van der Waals surface area contributed by atoms with Crippen molar-refractivity contribution in [2.45, 2.75) is 85.6 Å². The van der Waals surface area contributed by atoms with E-state index >= 15 is 0 Å². The zero-order valence-corrected chi connectivity index (χ0v) is 20.0. The average molecular weight is 421 g/mol. The van der Waals surface area contributed by atoms with E-state index in [4.69, 9.17) is 9.47 Å². The lowest BCUT2D eigenvalue weighted by Crippen LogP contribution is -2.56. The maximum Gasteiger partial charge on any atom is 0.407 e. The second-order valence-corrected chi connectivity index (χ2v) is 11.3. The summed E-state index contributed by atoms with van der Waals surface area (Å²) in [6.45, 7) is 16.4. The minimum Gasteiger partial charge on any atom is -0.453 e. The molecule has 0 aromatic heterocycles. The van der Waals surface area contributed by atoms with Gasteiger partial charge in [-0.25, -0.2) is 13.2 Å². The van der Waals surface area contributed by atoms with Gasteiger partial charge in [0.1, 0.15) is 0 Å². The Hall–Kier alpha value is -0.860. The summed E-state index contributed by atoms with van der Waals surface area (Å²) < 4.78 is 37.4. The SMILES string of the molecule is COC(=O)NC1(C)C(C)CC(C)(C(CN(C(C)C)S(C)(=O)=O)OC(C)C)C1C. The van der Waals surface area contributed by atoms with Crippen molar-refractivity contribution < 1.29 is 22.7 Å². The molecule has 8 heteroatoms. The van der Waals surface area contributed by atoms with E-state index in [0.29, 0.717) is 0 Å². The van der Waals surface area contributed by atoms with Gasteiger partial charge in [-0.15, -0.1) is 0 Å². The number of sulfonamides is 1. The van der Waals surface area contributed by atoms with Gasteiger partial charge in [0.05, 0.1) is 25.6 Å². The summed E-state index contributed by atoms with van der Waals surface area (Å²) in [6, 6.07) is -0.162. The van der Waals surface area contributed by atoms with Crippen molar-refractivity contribution in [2.75, 3.05) is 19.9 Å². The lowest BCUT2D eigenvalue weighted by atomic mass is 9.71. The number of hydrogen-bond donors (Lipinski definition) is 1. The molecule has 5 unspecified atom stereocenters. The van der Waals surface area contributed by atoms with E-state index in [1.807, 2.05) is 34.6 Å². The number of alkyl carbamates (subject to hydrolysis) is 1. The lowest BCUT2D eigenvalue weighted by Gasteiger charge is -2.44. The Kier molecular flexibility index (Phi) is 7.98. The quantitative estimate of drug-likeness (QED) is 0.651. The maximum absolute atomic E-state index is 12.4. The van der Waals surface area contributed by atoms with Crippen molar-refractivity contribution in [3.8, 4) is 0 Å². The highest BCUT2D eigenvalue weighted by Crippen LogP contribution is 2.55. The van der Waals surface area contributed by atoms with Crippen molar-refractivity contribution in [2.24, 2.45) is 17.3 Å². The van der Waals surface area contributed by atoms with Gasteiger partial charge in [0.25, 0.3) is 0 Å². The maximum atomic E-state index is 12.4. The molecular weight excluding hydrogens is 380 g/mol. The van der Waals surface area contributed by atoms with Gasteiger partial charge < -0.3 is 14.8 Å². The second-order valence-electron chi connectivity index (χ2n) is 9.33. The summed E-state index contributed by atoms with van der Waals surface area (Å²) in [5.41, 5.74) is -0.800. The van der Waals surface area contributed by atoms with Crippen LogP contribution in [0.5, 0.6) is 0 Å². The molecule has 0 aromatic rings. The van der Waals surface area contributed by atoms with Gasteiger partial charge in [-0.1, -0.05) is 20.8 Å². The van der Waals surface area contributed by atoms with Crippen LogP contribution in [0.4, 0.5) is 4.79 Å². The number of nitrogens with one attached hydrogen (secondary N) is 1. The zero-order chi connectivity index (χ0) is 22.1. The zero-order valence-electron chi connectivity index (χ0n) is 19.2. The first kappa shape index (κ1) is 25.2. The Labute approximate surface area is 171 Å². The second kappa shape index (κ2) is 8.88. The summed E-state index contributed by atoms with van der Waals surface area (Å²) in [5, 5.41) is 3.03. The molecule has 1 aliphatic carbocycles. The normalized spacial score (nSPS) is 32.2. The van der Waals surface area contributed by atoms with E-state index in [1.165, 1.54) is 17.7 Å². The Bertz CT molecular complexity index is 651. The summed E-state index contributed by atoms with van der Waals surface area (Å²) >= 11 is 0. The molecule has 1 amide bonds. The highest BCUT2D eigenvalue weighted by atomic mass is 32.2. The van der Waals surface area contributed by atoms with Crippen molar-refractivity contribution in [3.05, 3.63) is 0 Å². The van der Waals surface area contributed by atoms with Crippen molar-refractivity contribution in [3.63, 3.8) is 0 Å². The minimum absolute atomic E-state index is 0.0432. The number of amides is 1. The lowest BCUT2D eigenvalue weighted by molar-refractivity contribution is -0.0900. The average Bonchev–Trinajstić information content (AvgIpc) is 2.70. The van der Waals surface area contributed by atoms with E-state index < -0.39 is 21.7 Å². The standard InChI is InChI=1S/C20H40N2O5S/c1-13(2)22(28(10,24)25)12-17(27-14(3)4)19(7)11-15(5)20(8,16(19)6)21-18(23)26-9/h13-17H,11-12H2,1-10H3,(H,21,23). The van der Waals surface area contributed by atoms with Crippen LogP contribution in [0, 0.1) is 17.3 Å². The van der Waals surface area contributed by atoms with Gasteiger partial charge in [-0.3, -0.25) is 0 Å². The Balaban J connectivity index is 3.31. The molecule has 7 nitrogen and oxygen atoms in total. The molecule has 0 saturated heterocycles. The summed E-state index contributed by atoms with van der Waals surface area (Å²) in [5.74, 6) is 0.224. The van der Waals surface area contributed by atoms with E-state index in [-0.39, 0.29) is 42.0 Å². The molecule has 0 bridgehead atoms. The predicted molar refractivity (Wildman–Crippen MR) is 112 cm³/mol. The predicted octanol–water partition coefficient (Wildman–Crippen LogP) is 3.25. The van der Waals surface area contributed by atoms with Gasteiger partial charge in [0, 0.05) is 23.5 Å². The molecule has 1 aliphatic rings. The van der Waals surface area contributed by atoms with Crippen LogP contribution in [-0.2, 0) is 19.5 Å². The fourth-order valence-electron chi connectivity index (χ4n) is 4.70.